The van der Waals surface area contributed by atoms with Crippen LogP contribution in [-0.4, -0.2) is 37.3 Å². The highest BCUT2D eigenvalue weighted by Gasteiger charge is 2.09. The van der Waals surface area contributed by atoms with E-state index in [-0.39, 0.29) is 19.0 Å². The van der Waals surface area contributed by atoms with Crippen LogP contribution < -0.4 is 15.4 Å². The zero-order valence-corrected chi connectivity index (χ0v) is 13.2. The number of carbonyl (C=O) groups is 1. The van der Waals surface area contributed by atoms with Crippen LogP contribution in [0.5, 0.6) is 5.75 Å². The maximum absolute atomic E-state index is 11.8. The van der Waals surface area contributed by atoms with Gasteiger partial charge in [0.2, 0.25) is 5.91 Å². The zero-order chi connectivity index (χ0) is 16.5. The number of rotatable bonds is 8. The van der Waals surface area contributed by atoms with Crippen molar-refractivity contribution in [2.24, 2.45) is 0 Å². The first kappa shape index (κ1) is 16.8. The van der Waals surface area contributed by atoms with E-state index in [1.807, 2.05) is 54.6 Å². The van der Waals surface area contributed by atoms with E-state index in [1.165, 1.54) is 0 Å². The second-order valence-electron chi connectivity index (χ2n) is 5.20. The lowest BCUT2D eigenvalue weighted by Crippen LogP contribution is -2.36. The molecule has 122 valence electrons. The molecule has 23 heavy (non-hydrogen) atoms. The van der Waals surface area contributed by atoms with E-state index in [0.717, 1.165) is 11.3 Å². The number of hydrogen-bond donors (Lipinski definition) is 3. The SMILES string of the molecule is COc1ccccc1NCC(=O)NCC(O)Cc1ccccc1. The van der Waals surface area contributed by atoms with Crippen molar-refractivity contribution < 1.29 is 14.6 Å². The van der Waals surface area contributed by atoms with Crippen LogP contribution in [0.1, 0.15) is 5.56 Å². The molecule has 0 aromatic heterocycles. The minimum Gasteiger partial charge on any atom is -0.495 e. The molecule has 1 amide bonds. The number of carbonyl (C=O) groups excluding carboxylic acids is 1. The molecule has 1 atom stereocenters. The summed E-state index contributed by atoms with van der Waals surface area (Å²) >= 11 is 0. The second kappa shape index (κ2) is 8.80. The molecule has 0 radical (unpaired) electrons. The molecule has 0 bridgehead atoms. The summed E-state index contributed by atoms with van der Waals surface area (Å²) in [6.45, 7) is 0.347. The first-order valence-corrected chi connectivity index (χ1v) is 7.54. The Morgan fingerprint density at radius 2 is 1.83 bits per heavy atom. The van der Waals surface area contributed by atoms with Gasteiger partial charge in [-0.25, -0.2) is 0 Å². The molecule has 2 aromatic carbocycles. The lowest BCUT2D eigenvalue weighted by molar-refractivity contribution is -0.119. The normalized spacial score (nSPS) is 11.6. The molecule has 2 aromatic rings. The minimum absolute atomic E-state index is 0.123. The quantitative estimate of drug-likeness (QED) is 0.695. The highest BCUT2D eigenvalue weighted by molar-refractivity contribution is 5.81. The van der Waals surface area contributed by atoms with Gasteiger partial charge in [-0.2, -0.15) is 0 Å². The van der Waals surface area contributed by atoms with Crippen LogP contribution in [0.25, 0.3) is 0 Å². The molecule has 0 fully saturated rings. The number of aliphatic hydroxyl groups excluding tert-OH is 1. The molecule has 0 heterocycles. The largest absolute Gasteiger partial charge is 0.495 e. The van der Waals surface area contributed by atoms with Gasteiger partial charge in [-0.15, -0.1) is 0 Å². The van der Waals surface area contributed by atoms with Gasteiger partial charge >= 0.3 is 0 Å². The third-order valence-corrected chi connectivity index (χ3v) is 3.40. The van der Waals surface area contributed by atoms with E-state index < -0.39 is 6.10 Å². The van der Waals surface area contributed by atoms with E-state index in [1.54, 1.807) is 7.11 Å². The van der Waals surface area contributed by atoms with Crippen LogP contribution in [0.4, 0.5) is 5.69 Å². The zero-order valence-electron chi connectivity index (χ0n) is 13.2. The van der Waals surface area contributed by atoms with Gasteiger partial charge in [0.05, 0.1) is 25.4 Å². The molecular weight excluding hydrogens is 292 g/mol. The summed E-state index contributed by atoms with van der Waals surface area (Å²) in [4.78, 5) is 11.8. The number of anilines is 1. The monoisotopic (exact) mass is 314 g/mol. The molecule has 1 unspecified atom stereocenters. The van der Waals surface area contributed by atoms with Gasteiger partial charge in [-0.05, 0) is 17.7 Å². The Labute approximate surface area is 136 Å². The van der Waals surface area contributed by atoms with Gasteiger partial charge in [-0.3, -0.25) is 4.79 Å². The molecule has 0 saturated carbocycles. The molecule has 0 spiro atoms. The van der Waals surface area contributed by atoms with E-state index in [4.69, 9.17) is 4.74 Å². The van der Waals surface area contributed by atoms with Gasteiger partial charge in [0.15, 0.2) is 0 Å². The van der Waals surface area contributed by atoms with E-state index in [9.17, 15) is 9.90 Å². The van der Waals surface area contributed by atoms with Crippen molar-refractivity contribution in [1.82, 2.24) is 5.32 Å². The minimum atomic E-state index is -0.604. The van der Waals surface area contributed by atoms with E-state index in [2.05, 4.69) is 10.6 Å². The third-order valence-electron chi connectivity index (χ3n) is 3.40. The van der Waals surface area contributed by atoms with Crippen molar-refractivity contribution in [2.75, 3.05) is 25.5 Å². The van der Waals surface area contributed by atoms with Crippen LogP contribution in [0.3, 0.4) is 0 Å². The van der Waals surface area contributed by atoms with Crippen molar-refractivity contribution in [3.63, 3.8) is 0 Å². The van der Waals surface area contributed by atoms with Crippen LogP contribution in [0.2, 0.25) is 0 Å². The lowest BCUT2D eigenvalue weighted by Gasteiger charge is -2.13. The Hall–Kier alpha value is -2.53. The summed E-state index contributed by atoms with van der Waals surface area (Å²) in [5, 5.41) is 15.7. The first-order valence-electron chi connectivity index (χ1n) is 7.54. The molecule has 5 heteroatoms. The number of nitrogens with one attached hydrogen (secondary N) is 2. The summed E-state index contributed by atoms with van der Waals surface area (Å²) in [6, 6.07) is 17.1. The van der Waals surface area contributed by atoms with Gasteiger partial charge in [-0.1, -0.05) is 42.5 Å². The van der Waals surface area contributed by atoms with E-state index >= 15 is 0 Å². The van der Waals surface area contributed by atoms with Crippen LogP contribution >= 0.6 is 0 Å². The van der Waals surface area contributed by atoms with Crippen molar-refractivity contribution >= 4 is 11.6 Å². The molecule has 5 nitrogen and oxygen atoms in total. The Bertz CT molecular complexity index is 617. The highest BCUT2D eigenvalue weighted by Crippen LogP contribution is 2.22. The maximum atomic E-state index is 11.8. The predicted molar refractivity (Wildman–Crippen MR) is 90.6 cm³/mol. The van der Waals surface area contributed by atoms with Crippen molar-refractivity contribution in [3.05, 3.63) is 60.2 Å². The van der Waals surface area contributed by atoms with Crippen LogP contribution in [0.15, 0.2) is 54.6 Å². The first-order chi connectivity index (χ1) is 11.2. The fourth-order valence-corrected chi connectivity index (χ4v) is 2.22. The Morgan fingerprint density at radius 1 is 1.13 bits per heavy atom. The molecule has 0 aliphatic carbocycles. The summed E-state index contributed by atoms with van der Waals surface area (Å²) in [7, 11) is 1.58. The fourth-order valence-electron chi connectivity index (χ4n) is 2.22. The maximum Gasteiger partial charge on any atom is 0.239 e. The Balaban J connectivity index is 1.72. The molecule has 0 saturated heterocycles. The van der Waals surface area contributed by atoms with Crippen molar-refractivity contribution in [3.8, 4) is 5.75 Å². The van der Waals surface area contributed by atoms with E-state index in [0.29, 0.717) is 12.2 Å². The van der Waals surface area contributed by atoms with Gasteiger partial charge in [0.25, 0.3) is 0 Å². The summed E-state index contributed by atoms with van der Waals surface area (Å²) in [5.74, 6) is 0.507. The lowest BCUT2D eigenvalue weighted by atomic mass is 10.1. The summed E-state index contributed by atoms with van der Waals surface area (Å²) < 4.78 is 5.21. The number of para-hydroxylation sites is 2. The van der Waals surface area contributed by atoms with Crippen LogP contribution in [-0.2, 0) is 11.2 Å². The predicted octanol–water partition coefficient (Wildman–Crippen LogP) is 1.83. The molecular formula is C18H22N2O3. The number of methoxy groups -OCH3 is 1. The molecule has 0 aliphatic rings. The van der Waals surface area contributed by atoms with Gasteiger partial charge in [0, 0.05) is 13.0 Å². The van der Waals surface area contributed by atoms with Crippen molar-refractivity contribution in [1.29, 1.82) is 0 Å². The number of benzene rings is 2. The topological polar surface area (TPSA) is 70.6 Å². The number of hydrogen-bond acceptors (Lipinski definition) is 4. The average molecular weight is 314 g/mol. The second-order valence-corrected chi connectivity index (χ2v) is 5.20. The van der Waals surface area contributed by atoms with Gasteiger partial charge < -0.3 is 20.5 Å². The third kappa shape index (κ3) is 5.64. The van der Waals surface area contributed by atoms with Gasteiger partial charge in [0.1, 0.15) is 5.75 Å². The smallest absolute Gasteiger partial charge is 0.239 e. The molecule has 2 rings (SSSR count). The van der Waals surface area contributed by atoms with Crippen LogP contribution in [0, 0.1) is 0 Å². The number of aliphatic hydroxyl groups is 1. The number of ether oxygens (including phenoxy) is 1. The number of amides is 1. The summed E-state index contributed by atoms with van der Waals surface area (Å²) in [5.41, 5.74) is 1.80. The molecule has 3 N–H and O–H groups in total. The summed E-state index contributed by atoms with van der Waals surface area (Å²) in [6.07, 6.45) is -0.0891. The Kier molecular flexibility index (Phi) is 6.44. The standard InChI is InChI=1S/C18H22N2O3/c1-23-17-10-6-5-9-16(17)19-13-18(22)20-12-15(21)11-14-7-3-2-4-8-14/h2-10,15,19,21H,11-13H2,1H3,(H,20,22). The molecule has 0 aliphatic heterocycles. The van der Waals surface area contributed by atoms with Crippen molar-refractivity contribution in [2.45, 2.75) is 12.5 Å². The Morgan fingerprint density at radius 3 is 2.57 bits per heavy atom. The fraction of sp³-hybridized carbons (Fsp3) is 0.278. The highest BCUT2D eigenvalue weighted by atomic mass is 16.5. The average Bonchev–Trinajstić information content (AvgIpc) is 2.59.